The average molecular weight is 383 g/mol. The normalized spacial score (nSPS) is 18.5. The number of benzene rings is 1. The SMILES string of the molecule is Cc1cc2oc(=O)cc(CN3CCC(CCC(=O)NC4CC4)CC3)c2cc1C. The smallest absolute Gasteiger partial charge is 0.336 e. The summed E-state index contributed by atoms with van der Waals surface area (Å²) >= 11 is 0. The molecule has 0 radical (unpaired) electrons. The lowest BCUT2D eigenvalue weighted by molar-refractivity contribution is -0.121. The highest BCUT2D eigenvalue weighted by molar-refractivity contribution is 5.81. The second kappa shape index (κ2) is 8.08. The van der Waals surface area contributed by atoms with Gasteiger partial charge in [0.05, 0.1) is 0 Å². The number of carbonyl (C=O) groups excluding carboxylic acids is 1. The number of nitrogens with one attached hydrogen (secondary N) is 1. The third-order valence-electron chi connectivity index (χ3n) is 6.27. The Morgan fingerprint density at radius 1 is 1.11 bits per heavy atom. The molecule has 0 bridgehead atoms. The van der Waals surface area contributed by atoms with Crippen molar-refractivity contribution in [2.24, 2.45) is 5.92 Å². The van der Waals surface area contributed by atoms with E-state index in [1.807, 2.05) is 13.0 Å². The summed E-state index contributed by atoms with van der Waals surface area (Å²) in [5.74, 6) is 0.849. The molecule has 1 saturated heterocycles. The van der Waals surface area contributed by atoms with Crippen LogP contribution in [-0.4, -0.2) is 29.9 Å². The highest BCUT2D eigenvalue weighted by atomic mass is 16.4. The summed E-state index contributed by atoms with van der Waals surface area (Å²) in [6, 6.07) is 6.20. The summed E-state index contributed by atoms with van der Waals surface area (Å²) < 4.78 is 5.42. The number of piperidine rings is 1. The van der Waals surface area contributed by atoms with Crippen molar-refractivity contribution in [3.8, 4) is 0 Å². The lowest BCUT2D eigenvalue weighted by Gasteiger charge is -2.32. The Kier molecular flexibility index (Phi) is 5.54. The van der Waals surface area contributed by atoms with Gasteiger partial charge in [-0.1, -0.05) is 0 Å². The lowest BCUT2D eigenvalue weighted by Crippen LogP contribution is -2.34. The Hall–Kier alpha value is -2.14. The number of nitrogens with zero attached hydrogens (tertiary/aromatic N) is 1. The van der Waals surface area contributed by atoms with E-state index in [1.54, 1.807) is 6.07 Å². The van der Waals surface area contributed by atoms with Gasteiger partial charge in [-0.2, -0.15) is 0 Å². The van der Waals surface area contributed by atoms with Crippen LogP contribution in [0, 0.1) is 19.8 Å². The van der Waals surface area contributed by atoms with Gasteiger partial charge in [0.25, 0.3) is 0 Å². The van der Waals surface area contributed by atoms with Crippen molar-refractivity contribution in [1.82, 2.24) is 10.2 Å². The Labute approximate surface area is 166 Å². The third kappa shape index (κ3) is 4.64. The first-order chi connectivity index (χ1) is 13.5. The largest absolute Gasteiger partial charge is 0.423 e. The Morgan fingerprint density at radius 3 is 2.54 bits per heavy atom. The molecule has 1 amide bonds. The summed E-state index contributed by atoms with van der Waals surface area (Å²) in [6.07, 6.45) is 6.18. The highest BCUT2D eigenvalue weighted by Gasteiger charge is 2.25. The molecular formula is C23H30N2O3. The molecule has 2 heterocycles. The number of aryl methyl sites for hydroxylation is 2. The van der Waals surface area contributed by atoms with E-state index in [0.717, 1.165) is 68.3 Å². The molecule has 1 N–H and O–H groups in total. The Morgan fingerprint density at radius 2 is 1.82 bits per heavy atom. The maximum atomic E-state index is 12.0. The maximum absolute atomic E-state index is 12.0. The zero-order chi connectivity index (χ0) is 19.7. The van der Waals surface area contributed by atoms with E-state index in [9.17, 15) is 9.59 Å². The molecule has 4 rings (SSSR count). The van der Waals surface area contributed by atoms with Crippen LogP contribution in [0.3, 0.4) is 0 Å². The number of likely N-dealkylation sites (tertiary alicyclic amines) is 1. The fourth-order valence-electron chi connectivity index (χ4n) is 4.15. The summed E-state index contributed by atoms with van der Waals surface area (Å²) in [6.45, 7) is 6.94. The van der Waals surface area contributed by atoms with Gasteiger partial charge in [0.15, 0.2) is 0 Å². The van der Waals surface area contributed by atoms with Crippen LogP contribution in [0.25, 0.3) is 11.0 Å². The van der Waals surface area contributed by atoms with Crippen LogP contribution < -0.4 is 10.9 Å². The zero-order valence-electron chi connectivity index (χ0n) is 16.9. The van der Waals surface area contributed by atoms with Gasteiger partial charge in [-0.15, -0.1) is 0 Å². The number of fused-ring (bicyclic) bond motifs is 1. The monoisotopic (exact) mass is 382 g/mol. The van der Waals surface area contributed by atoms with Crippen LogP contribution in [0.1, 0.15) is 55.2 Å². The fraction of sp³-hybridized carbons (Fsp3) is 0.565. The van der Waals surface area contributed by atoms with Crippen LogP contribution in [-0.2, 0) is 11.3 Å². The third-order valence-corrected chi connectivity index (χ3v) is 6.27. The predicted octanol–water partition coefficient (Wildman–Crippen LogP) is 3.68. The molecule has 2 aromatic rings. The van der Waals surface area contributed by atoms with Crippen LogP contribution >= 0.6 is 0 Å². The second-order valence-corrected chi connectivity index (χ2v) is 8.62. The molecule has 5 nitrogen and oxygen atoms in total. The molecule has 150 valence electrons. The van der Waals surface area contributed by atoms with Crippen LogP contribution in [0.15, 0.2) is 27.4 Å². The quantitative estimate of drug-likeness (QED) is 0.774. The number of carbonyl (C=O) groups is 1. The molecule has 0 unspecified atom stereocenters. The van der Waals surface area contributed by atoms with E-state index >= 15 is 0 Å². The molecule has 1 saturated carbocycles. The second-order valence-electron chi connectivity index (χ2n) is 8.62. The molecule has 0 spiro atoms. The molecule has 5 heteroatoms. The molecule has 1 aromatic heterocycles. The van der Waals surface area contributed by atoms with Crippen molar-refractivity contribution in [3.05, 3.63) is 45.3 Å². The minimum atomic E-state index is -0.276. The molecular weight excluding hydrogens is 352 g/mol. The van der Waals surface area contributed by atoms with Gasteiger partial charge in [0.2, 0.25) is 5.91 Å². The van der Waals surface area contributed by atoms with Crippen molar-refractivity contribution < 1.29 is 9.21 Å². The summed E-state index contributed by atoms with van der Waals surface area (Å²) in [5.41, 5.74) is 3.81. The molecule has 2 aliphatic rings. The topological polar surface area (TPSA) is 62.6 Å². The first-order valence-electron chi connectivity index (χ1n) is 10.5. The molecule has 1 aliphatic carbocycles. The fourth-order valence-corrected chi connectivity index (χ4v) is 4.15. The number of hydrogen-bond acceptors (Lipinski definition) is 4. The zero-order valence-corrected chi connectivity index (χ0v) is 16.9. The van der Waals surface area contributed by atoms with E-state index in [0.29, 0.717) is 24.0 Å². The first-order valence-corrected chi connectivity index (χ1v) is 10.5. The summed E-state index contributed by atoms with van der Waals surface area (Å²) in [4.78, 5) is 26.3. The van der Waals surface area contributed by atoms with Crippen LogP contribution in [0.4, 0.5) is 0 Å². The van der Waals surface area contributed by atoms with Crippen LogP contribution in [0.2, 0.25) is 0 Å². The van der Waals surface area contributed by atoms with E-state index in [2.05, 4.69) is 23.2 Å². The summed E-state index contributed by atoms with van der Waals surface area (Å²) in [7, 11) is 0. The lowest BCUT2D eigenvalue weighted by atomic mass is 9.91. The predicted molar refractivity (Wildman–Crippen MR) is 110 cm³/mol. The number of amides is 1. The van der Waals surface area contributed by atoms with Crippen molar-refractivity contribution in [2.75, 3.05) is 13.1 Å². The van der Waals surface area contributed by atoms with E-state index in [4.69, 9.17) is 4.42 Å². The van der Waals surface area contributed by atoms with Crippen LogP contribution in [0.5, 0.6) is 0 Å². The maximum Gasteiger partial charge on any atom is 0.336 e. The van der Waals surface area contributed by atoms with E-state index in [-0.39, 0.29) is 11.5 Å². The van der Waals surface area contributed by atoms with Crippen molar-refractivity contribution in [2.45, 2.75) is 65.0 Å². The number of hydrogen-bond donors (Lipinski definition) is 1. The van der Waals surface area contributed by atoms with E-state index < -0.39 is 0 Å². The molecule has 0 atom stereocenters. The Balaban J connectivity index is 1.35. The molecule has 1 aromatic carbocycles. The minimum Gasteiger partial charge on any atom is -0.423 e. The molecule has 28 heavy (non-hydrogen) atoms. The van der Waals surface area contributed by atoms with E-state index in [1.165, 1.54) is 5.56 Å². The van der Waals surface area contributed by atoms with Crippen molar-refractivity contribution in [1.29, 1.82) is 0 Å². The van der Waals surface area contributed by atoms with Gasteiger partial charge in [-0.3, -0.25) is 9.69 Å². The van der Waals surface area contributed by atoms with Gasteiger partial charge >= 0.3 is 5.63 Å². The standard InChI is InChI=1S/C23H30N2O3/c1-15-11-20-18(13-23(27)28-21(20)12-16(15)2)14-25-9-7-17(8-10-25)3-6-22(26)24-19-4-5-19/h11-13,17,19H,3-10,14H2,1-2H3,(H,24,26). The summed E-state index contributed by atoms with van der Waals surface area (Å²) in [5, 5.41) is 4.12. The number of rotatable bonds is 6. The van der Waals surface area contributed by atoms with Crippen molar-refractivity contribution >= 4 is 16.9 Å². The Bertz CT molecular complexity index is 921. The van der Waals surface area contributed by atoms with Gasteiger partial charge in [-0.25, -0.2) is 4.79 Å². The minimum absolute atomic E-state index is 0.220. The van der Waals surface area contributed by atoms with Gasteiger partial charge in [0, 0.05) is 30.5 Å². The average Bonchev–Trinajstić information content (AvgIpc) is 3.47. The van der Waals surface area contributed by atoms with Gasteiger partial charge < -0.3 is 9.73 Å². The molecule has 1 aliphatic heterocycles. The van der Waals surface area contributed by atoms with Gasteiger partial charge in [0.1, 0.15) is 5.58 Å². The first kappa shape index (κ1) is 19.2. The van der Waals surface area contributed by atoms with Crippen molar-refractivity contribution in [3.63, 3.8) is 0 Å². The molecule has 2 fully saturated rings. The highest BCUT2D eigenvalue weighted by Crippen LogP contribution is 2.26. The van der Waals surface area contributed by atoms with Gasteiger partial charge in [-0.05, 0) is 93.8 Å².